The van der Waals surface area contributed by atoms with Crippen molar-refractivity contribution in [2.24, 2.45) is 5.14 Å². The maximum absolute atomic E-state index is 11.0. The molecule has 1 unspecified atom stereocenters. The van der Waals surface area contributed by atoms with E-state index in [4.69, 9.17) is 9.88 Å². The molecule has 0 spiro atoms. The Hall–Kier alpha value is -1.53. The van der Waals surface area contributed by atoms with Crippen LogP contribution in [0.2, 0.25) is 0 Å². The molecule has 1 aromatic carbocycles. The summed E-state index contributed by atoms with van der Waals surface area (Å²) in [6.45, 7) is 0.735. The first-order valence-corrected chi connectivity index (χ1v) is 7.88. The fourth-order valence-electron chi connectivity index (χ4n) is 1.92. The van der Waals surface area contributed by atoms with E-state index in [1.54, 1.807) is 18.4 Å². The van der Waals surface area contributed by atoms with Crippen molar-refractivity contribution in [3.63, 3.8) is 0 Å². The minimum atomic E-state index is -3.47. The topological polar surface area (TPSA) is 81.4 Å². The normalized spacial score (nSPS) is 18.9. The highest BCUT2D eigenvalue weighted by atomic mass is 32.2. The molecule has 1 aliphatic rings. The Kier molecular flexibility index (Phi) is 4.44. The van der Waals surface area contributed by atoms with E-state index in [0.29, 0.717) is 5.56 Å². The first-order valence-electron chi connectivity index (χ1n) is 6.17. The van der Waals surface area contributed by atoms with Gasteiger partial charge in [0.1, 0.15) is 6.10 Å². The van der Waals surface area contributed by atoms with Gasteiger partial charge in [0.05, 0.1) is 18.6 Å². The third kappa shape index (κ3) is 4.92. The number of ether oxygens (including phenoxy) is 1. The number of sulfonamides is 1. The lowest BCUT2D eigenvalue weighted by Crippen LogP contribution is -2.22. The first kappa shape index (κ1) is 13.9. The molecule has 19 heavy (non-hydrogen) atoms. The lowest BCUT2D eigenvalue weighted by atomic mass is 10.1. The zero-order valence-electron chi connectivity index (χ0n) is 10.6. The van der Waals surface area contributed by atoms with Crippen molar-refractivity contribution in [3.8, 4) is 0 Å². The summed E-state index contributed by atoms with van der Waals surface area (Å²) in [4.78, 5) is 0. The molecule has 0 fully saturated rings. The fourth-order valence-corrected chi connectivity index (χ4v) is 2.57. The molecule has 0 aromatic heterocycles. The lowest BCUT2D eigenvalue weighted by Gasteiger charge is -2.20. The van der Waals surface area contributed by atoms with Crippen LogP contribution in [0.5, 0.6) is 0 Å². The molecule has 1 aliphatic heterocycles. The Morgan fingerprint density at radius 2 is 2.05 bits per heavy atom. The highest BCUT2D eigenvalue weighted by Crippen LogP contribution is 2.14. The number of hydrogen-bond acceptors (Lipinski definition) is 4. The predicted molar refractivity (Wildman–Crippen MR) is 75.0 cm³/mol. The number of rotatable bonds is 5. The van der Waals surface area contributed by atoms with Gasteiger partial charge in [-0.2, -0.15) is 0 Å². The highest BCUT2D eigenvalue weighted by Gasteiger charge is 2.10. The van der Waals surface area contributed by atoms with Gasteiger partial charge < -0.3 is 10.1 Å². The molecule has 104 valence electrons. The second-order valence-electron chi connectivity index (χ2n) is 4.59. The number of nitrogens with one attached hydrogen (secondary N) is 1. The Morgan fingerprint density at radius 1 is 1.32 bits per heavy atom. The summed E-state index contributed by atoms with van der Waals surface area (Å²) in [5, 5.41) is 8.26. The lowest BCUT2D eigenvalue weighted by molar-refractivity contribution is 0.135. The molecule has 0 bridgehead atoms. The van der Waals surface area contributed by atoms with Gasteiger partial charge in [0.15, 0.2) is 0 Å². The van der Waals surface area contributed by atoms with Crippen LogP contribution in [0.3, 0.4) is 0 Å². The second-order valence-corrected chi connectivity index (χ2v) is 6.21. The zero-order valence-corrected chi connectivity index (χ0v) is 11.4. The molecular weight excluding hydrogens is 264 g/mol. The van der Waals surface area contributed by atoms with Gasteiger partial charge >= 0.3 is 0 Å². The van der Waals surface area contributed by atoms with Crippen molar-refractivity contribution in [3.05, 3.63) is 42.2 Å². The number of benzene rings is 1. The third-order valence-electron chi connectivity index (χ3n) is 2.88. The van der Waals surface area contributed by atoms with Gasteiger partial charge in [-0.1, -0.05) is 12.1 Å². The molecule has 6 heteroatoms. The summed E-state index contributed by atoms with van der Waals surface area (Å²) in [6.07, 6.45) is 5.99. The molecular formula is C13H18N2O3S. The van der Waals surface area contributed by atoms with Crippen LogP contribution in [-0.4, -0.2) is 21.1 Å². The standard InChI is InChI=1S/C13H18N2O3S/c14-19(16,17)10-11-4-6-12(7-5-11)15-9-13-3-1-2-8-18-13/h2,4-8,13,15H,1,3,9-10H2,(H2,14,16,17). The number of hydrogen-bond donors (Lipinski definition) is 2. The molecule has 5 nitrogen and oxygen atoms in total. The minimum absolute atomic E-state index is 0.135. The van der Waals surface area contributed by atoms with Gasteiger partial charge in [0.2, 0.25) is 10.0 Å². The molecule has 2 rings (SSSR count). The van der Waals surface area contributed by atoms with E-state index < -0.39 is 10.0 Å². The van der Waals surface area contributed by atoms with Crippen molar-refractivity contribution >= 4 is 15.7 Å². The van der Waals surface area contributed by atoms with Crippen LogP contribution < -0.4 is 10.5 Å². The second kappa shape index (κ2) is 6.08. The molecule has 1 atom stereocenters. The summed E-state index contributed by atoms with van der Waals surface area (Å²) in [5.41, 5.74) is 1.63. The molecule has 0 saturated carbocycles. The van der Waals surface area contributed by atoms with Crippen molar-refractivity contribution in [1.29, 1.82) is 0 Å². The zero-order chi connectivity index (χ0) is 13.7. The van der Waals surface area contributed by atoms with Crippen LogP contribution >= 0.6 is 0 Å². The van der Waals surface area contributed by atoms with Gasteiger partial charge in [0.25, 0.3) is 0 Å². The summed E-state index contributed by atoms with van der Waals surface area (Å²) in [7, 11) is -3.47. The molecule has 0 aliphatic carbocycles. The van der Waals surface area contributed by atoms with E-state index in [2.05, 4.69) is 5.32 Å². The summed E-state index contributed by atoms with van der Waals surface area (Å²) >= 11 is 0. The van der Waals surface area contributed by atoms with Crippen LogP contribution in [-0.2, 0) is 20.5 Å². The maximum Gasteiger partial charge on any atom is 0.213 e. The molecule has 0 saturated heterocycles. The number of primary sulfonamides is 1. The van der Waals surface area contributed by atoms with Gasteiger partial charge in [-0.3, -0.25) is 0 Å². The largest absolute Gasteiger partial charge is 0.497 e. The van der Waals surface area contributed by atoms with Crippen molar-refractivity contribution in [2.75, 3.05) is 11.9 Å². The third-order valence-corrected chi connectivity index (χ3v) is 3.61. The number of allylic oxidation sites excluding steroid dienone is 1. The van der Waals surface area contributed by atoms with E-state index in [1.165, 1.54) is 0 Å². The summed E-state index contributed by atoms with van der Waals surface area (Å²) in [5.74, 6) is -0.135. The fraction of sp³-hybridized carbons (Fsp3) is 0.385. The molecule has 1 aromatic rings. The quantitative estimate of drug-likeness (QED) is 0.859. The van der Waals surface area contributed by atoms with Gasteiger partial charge in [0, 0.05) is 5.69 Å². The average molecular weight is 282 g/mol. The van der Waals surface area contributed by atoms with E-state index in [9.17, 15) is 8.42 Å². The van der Waals surface area contributed by atoms with Crippen LogP contribution in [0.15, 0.2) is 36.6 Å². The first-order chi connectivity index (χ1) is 9.03. The van der Waals surface area contributed by atoms with Crippen LogP contribution in [0, 0.1) is 0 Å². The Bertz CT molecular complexity index is 538. The number of anilines is 1. The van der Waals surface area contributed by atoms with Crippen molar-refractivity contribution in [2.45, 2.75) is 24.7 Å². The number of nitrogens with two attached hydrogens (primary N) is 1. The minimum Gasteiger partial charge on any atom is -0.497 e. The maximum atomic E-state index is 11.0. The molecule has 3 N–H and O–H groups in total. The average Bonchev–Trinajstić information content (AvgIpc) is 2.37. The molecule has 0 amide bonds. The summed E-state index contributed by atoms with van der Waals surface area (Å²) < 4.78 is 27.4. The van der Waals surface area contributed by atoms with E-state index >= 15 is 0 Å². The molecule has 1 heterocycles. The van der Waals surface area contributed by atoms with Gasteiger partial charge in [-0.25, -0.2) is 13.6 Å². The predicted octanol–water partition coefficient (Wildman–Crippen LogP) is 1.58. The van der Waals surface area contributed by atoms with E-state index in [0.717, 1.165) is 25.1 Å². The van der Waals surface area contributed by atoms with Crippen molar-refractivity contribution < 1.29 is 13.2 Å². The van der Waals surface area contributed by atoms with Crippen LogP contribution in [0.1, 0.15) is 18.4 Å². The monoisotopic (exact) mass is 282 g/mol. The van der Waals surface area contributed by atoms with Crippen LogP contribution in [0.4, 0.5) is 5.69 Å². The van der Waals surface area contributed by atoms with E-state index in [-0.39, 0.29) is 11.9 Å². The Morgan fingerprint density at radius 3 is 2.63 bits per heavy atom. The summed E-state index contributed by atoms with van der Waals surface area (Å²) in [6, 6.07) is 7.21. The van der Waals surface area contributed by atoms with Crippen LogP contribution in [0.25, 0.3) is 0 Å². The van der Waals surface area contributed by atoms with Gasteiger partial charge in [-0.05, 0) is 36.6 Å². The Balaban J connectivity index is 1.86. The van der Waals surface area contributed by atoms with E-state index in [1.807, 2.05) is 18.2 Å². The smallest absolute Gasteiger partial charge is 0.213 e. The van der Waals surface area contributed by atoms with Gasteiger partial charge in [-0.15, -0.1) is 0 Å². The SMILES string of the molecule is NS(=O)(=O)Cc1ccc(NCC2CCC=CO2)cc1. The Labute approximate surface area is 113 Å². The molecule has 0 radical (unpaired) electrons. The highest BCUT2D eigenvalue weighted by molar-refractivity contribution is 7.88. The van der Waals surface area contributed by atoms with Crippen molar-refractivity contribution in [1.82, 2.24) is 0 Å².